The largest absolute Gasteiger partial charge is 0.484 e. The molecule has 1 atom stereocenters. The van der Waals surface area contributed by atoms with Gasteiger partial charge in [-0.2, -0.15) is 5.10 Å². The van der Waals surface area contributed by atoms with E-state index in [1.807, 2.05) is 60.7 Å². The molecule has 4 aromatic rings. The molecule has 0 fully saturated rings. The van der Waals surface area contributed by atoms with Gasteiger partial charge < -0.3 is 9.15 Å². The molecule has 1 aromatic heterocycles. The summed E-state index contributed by atoms with van der Waals surface area (Å²) < 4.78 is 13.5. The van der Waals surface area contributed by atoms with E-state index in [1.165, 1.54) is 0 Å². The molecule has 1 unspecified atom stereocenters. The molecule has 1 amide bonds. The van der Waals surface area contributed by atoms with Gasteiger partial charge in [0.25, 0.3) is 5.91 Å². The molecular formula is C28H24Br2N4O3. The van der Waals surface area contributed by atoms with Crippen molar-refractivity contribution in [2.75, 3.05) is 6.61 Å². The number of nitrogens with zero attached hydrogens (tertiary/aromatic N) is 4. The average molecular weight is 624 g/mol. The van der Waals surface area contributed by atoms with Crippen LogP contribution in [0, 0.1) is 0 Å². The van der Waals surface area contributed by atoms with Crippen LogP contribution in [0.15, 0.2) is 91.3 Å². The Morgan fingerprint density at radius 3 is 2.27 bits per heavy atom. The lowest BCUT2D eigenvalue weighted by molar-refractivity contribution is -0.135. The van der Waals surface area contributed by atoms with Gasteiger partial charge in [0.1, 0.15) is 5.75 Å². The first kappa shape index (κ1) is 25.4. The molecule has 0 aliphatic carbocycles. The lowest BCUT2D eigenvalue weighted by Crippen LogP contribution is -2.31. The van der Waals surface area contributed by atoms with Crippen molar-refractivity contribution in [2.45, 2.75) is 32.2 Å². The first-order valence-electron chi connectivity index (χ1n) is 12.0. The Kier molecular flexibility index (Phi) is 7.81. The zero-order valence-corrected chi connectivity index (χ0v) is 23.3. The smallest absolute Gasteiger partial charge is 0.281 e. The van der Waals surface area contributed by atoms with Crippen LogP contribution >= 0.6 is 31.9 Å². The molecule has 0 spiro atoms. The normalized spacial score (nSPS) is 15.1. The van der Waals surface area contributed by atoms with Gasteiger partial charge in [-0.05, 0) is 66.1 Å². The fraction of sp³-hybridized carbons (Fsp3) is 0.214. The lowest BCUT2D eigenvalue weighted by Gasteiger charge is -2.22. The van der Waals surface area contributed by atoms with Crippen LogP contribution in [0.1, 0.15) is 42.8 Å². The number of benzene rings is 3. The van der Waals surface area contributed by atoms with Crippen molar-refractivity contribution in [2.24, 2.45) is 5.10 Å². The number of hydrogen-bond donors (Lipinski definition) is 0. The van der Waals surface area contributed by atoms with E-state index in [1.54, 1.807) is 17.1 Å². The van der Waals surface area contributed by atoms with Crippen LogP contribution in [0.25, 0.3) is 11.5 Å². The van der Waals surface area contributed by atoms with Crippen LogP contribution in [0.3, 0.4) is 0 Å². The second kappa shape index (κ2) is 11.4. The third-order valence-electron chi connectivity index (χ3n) is 5.99. The Balaban J connectivity index is 1.30. The number of aryl methyl sites for hydroxylation is 1. The summed E-state index contributed by atoms with van der Waals surface area (Å²) in [6.45, 7) is 1.93. The third-order valence-corrected chi connectivity index (χ3v) is 7.05. The number of hydrazone groups is 1. The van der Waals surface area contributed by atoms with E-state index < -0.39 is 0 Å². The average Bonchev–Trinajstić information content (AvgIpc) is 3.57. The summed E-state index contributed by atoms with van der Waals surface area (Å²) >= 11 is 6.96. The number of hydrogen-bond acceptors (Lipinski definition) is 6. The minimum Gasteiger partial charge on any atom is -0.484 e. The zero-order valence-electron chi connectivity index (χ0n) is 20.1. The molecule has 0 radical (unpaired) electrons. The lowest BCUT2D eigenvalue weighted by atomic mass is 9.98. The maximum atomic E-state index is 13.3. The monoisotopic (exact) mass is 622 g/mol. The molecule has 9 heteroatoms. The van der Waals surface area contributed by atoms with Crippen molar-refractivity contribution >= 4 is 43.5 Å². The SMILES string of the molecule is CCCc1nnc(-c2ccc(OCC(=O)N3N=C(c4ccc(Br)cc4)CC3c3ccc(Br)cc3)cc2)o1. The Hall–Kier alpha value is -3.30. The maximum Gasteiger partial charge on any atom is 0.281 e. The second-order valence-corrected chi connectivity index (χ2v) is 10.5. The molecule has 3 aromatic carbocycles. The van der Waals surface area contributed by atoms with E-state index in [0.717, 1.165) is 44.2 Å². The van der Waals surface area contributed by atoms with Gasteiger partial charge in [-0.15, -0.1) is 10.2 Å². The Morgan fingerprint density at radius 1 is 0.946 bits per heavy atom. The van der Waals surface area contributed by atoms with Crippen LogP contribution < -0.4 is 4.74 Å². The summed E-state index contributed by atoms with van der Waals surface area (Å²) in [6, 6.07) is 23.0. The Morgan fingerprint density at radius 2 is 1.59 bits per heavy atom. The van der Waals surface area contributed by atoms with Crippen molar-refractivity contribution in [3.05, 3.63) is 98.8 Å². The molecule has 0 N–H and O–H groups in total. The van der Waals surface area contributed by atoms with E-state index in [4.69, 9.17) is 14.3 Å². The number of rotatable bonds is 8. The predicted octanol–water partition coefficient (Wildman–Crippen LogP) is 6.97. The van der Waals surface area contributed by atoms with Gasteiger partial charge >= 0.3 is 0 Å². The fourth-order valence-electron chi connectivity index (χ4n) is 4.09. The highest BCUT2D eigenvalue weighted by molar-refractivity contribution is 9.10. The first-order chi connectivity index (χ1) is 18.0. The number of halogens is 2. The summed E-state index contributed by atoms with van der Waals surface area (Å²) in [5, 5.41) is 14.4. The van der Waals surface area contributed by atoms with Gasteiger partial charge in [-0.3, -0.25) is 4.79 Å². The zero-order chi connectivity index (χ0) is 25.8. The minimum atomic E-state index is -0.217. The van der Waals surface area contributed by atoms with Gasteiger partial charge in [0.05, 0.1) is 11.8 Å². The molecule has 5 rings (SSSR count). The summed E-state index contributed by atoms with van der Waals surface area (Å²) in [6.07, 6.45) is 2.31. The van der Waals surface area contributed by atoms with E-state index in [2.05, 4.69) is 49.0 Å². The summed E-state index contributed by atoms with van der Waals surface area (Å²) in [4.78, 5) is 13.3. The first-order valence-corrected chi connectivity index (χ1v) is 13.6. The molecule has 37 heavy (non-hydrogen) atoms. The number of aromatic nitrogens is 2. The Labute approximate surface area is 231 Å². The van der Waals surface area contributed by atoms with E-state index in [0.29, 0.717) is 24.0 Å². The maximum absolute atomic E-state index is 13.3. The van der Waals surface area contributed by atoms with E-state index >= 15 is 0 Å². The molecule has 1 aliphatic rings. The van der Waals surface area contributed by atoms with E-state index in [9.17, 15) is 4.79 Å². The van der Waals surface area contributed by atoms with Gasteiger partial charge in [0.2, 0.25) is 11.8 Å². The highest BCUT2D eigenvalue weighted by atomic mass is 79.9. The fourth-order valence-corrected chi connectivity index (χ4v) is 4.62. The number of ether oxygens (including phenoxy) is 1. The van der Waals surface area contributed by atoms with Crippen LogP contribution in [0.2, 0.25) is 0 Å². The molecule has 0 saturated carbocycles. The summed E-state index contributed by atoms with van der Waals surface area (Å²) in [7, 11) is 0. The van der Waals surface area contributed by atoms with Crippen LogP contribution in [0.5, 0.6) is 5.75 Å². The van der Waals surface area contributed by atoms with Gasteiger partial charge in [0, 0.05) is 27.4 Å². The second-order valence-electron chi connectivity index (χ2n) is 8.63. The van der Waals surface area contributed by atoms with Crippen molar-refractivity contribution in [3.63, 3.8) is 0 Å². The Bertz CT molecular complexity index is 1400. The van der Waals surface area contributed by atoms with Crippen molar-refractivity contribution < 1.29 is 13.9 Å². The number of amides is 1. The van der Waals surface area contributed by atoms with Gasteiger partial charge in [-0.25, -0.2) is 5.01 Å². The molecule has 0 saturated heterocycles. The molecule has 2 heterocycles. The molecule has 0 bridgehead atoms. The molecular weight excluding hydrogens is 600 g/mol. The van der Waals surface area contributed by atoms with Crippen molar-refractivity contribution in [3.8, 4) is 17.2 Å². The van der Waals surface area contributed by atoms with Crippen molar-refractivity contribution in [1.82, 2.24) is 15.2 Å². The van der Waals surface area contributed by atoms with Crippen LogP contribution in [-0.2, 0) is 11.2 Å². The standard InChI is InChI=1S/C28H24Br2N4O3/c1-2-3-26-31-32-28(37-26)20-8-14-23(15-9-20)36-17-27(35)34-25(19-6-12-22(30)13-7-19)16-24(33-34)18-4-10-21(29)11-5-18/h4-15,25H,2-3,16-17H2,1H3. The number of carbonyl (C=O) groups excluding carboxylic acids is 1. The highest BCUT2D eigenvalue weighted by Gasteiger charge is 2.33. The highest BCUT2D eigenvalue weighted by Crippen LogP contribution is 2.34. The van der Waals surface area contributed by atoms with Crippen molar-refractivity contribution in [1.29, 1.82) is 0 Å². The molecule has 188 valence electrons. The van der Waals surface area contributed by atoms with E-state index in [-0.39, 0.29) is 18.6 Å². The van der Waals surface area contributed by atoms with Gasteiger partial charge in [0.15, 0.2) is 6.61 Å². The summed E-state index contributed by atoms with van der Waals surface area (Å²) in [5.74, 6) is 1.44. The number of carbonyl (C=O) groups is 1. The molecule has 7 nitrogen and oxygen atoms in total. The van der Waals surface area contributed by atoms with Crippen LogP contribution in [0.4, 0.5) is 0 Å². The predicted molar refractivity (Wildman–Crippen MR) is 148 cm³/mol. The van der Waals surface area contributed by atoms with Crippen LogP contribution in [-0.4, -0.2) is 33.4 Å². The minimum absolute atomic E-state index is 0.134. The quantitative estimate of drug-likeness (QED) is 0.212. The third kappa shape index (κ3) is 5.99. The molecule has 1 aliphatic heterocycles. The summed E-state index contributed by atoms with van der Waals surface area (Å²) in [5.41, 5.74) is 3.66. The van der Waals surface area contributed by atoms with Gasteiger partial charge in [-0.1, -0.05) is 63.0 Å². The topological polar surface area (TPSA) is 80.8 Å².